The Bertz CT molecular complexity index is 372. The Morgan fingerprint density at radius 2 is 2.28 bits per heavy atom. The van der Waals surface area contributed by atoms with Crippen LogP contribution in [0.3, 0.4) is 0 Å². The quantitative estimate of drug-likeness (QED) is 0.574. The van der Waals surface area contributed by atoms with Crippen LogP contribution in [0.5, 0.6) is 0 Å². The average Bonchev–Trinajstić information content (AvgIpc) is 3.05. The van der Waals surface area contributed by atoms with Crippen molar-refractivity contribution in [3.05, 3.63) is 12.2 Å². The smallest absolute Gasteiger partial charge is 0.138 e. The summed E-state index contributed by atoms with van der Waals surface area (Å²) in [6.07, 6.45) is 6.86. The van der Waals surface area contributed by atoms with E-state index in [4.69, 9.17) is 10.6 Å². The van der Waals surface area contributed by atoms with Crippen molar-refractivity contribution in [1.29, 1.82) is 0 Å². The number of rotatable bonds is 6. The first-order valence-electron chi connectivity index (χ1n) is 6.63. The van der Waals surface area contributed by atoms with Crippen LogP contribution in [0.2, 0.25) is 0 Å². The molecule has 0 bridgehead atoms. The highest BCUT2D eigenvalue weighted by Crippen LogP contribution is 2.36. The number of nitrogens with one attached hydrogen (secondary N) is 1. The summed E-state index contributed by atoms with van der Waals surface area (Å²) in [7, 11) is 1.78. The normalized spacial score (nSPS) is 20.2. The fourth-order valence-corrected chi connectivity index (χ4v) is 2.96. The molecule has 1 aliphatic carbocycles. The van der Waals surface area contributed by atoms with Gasteiger partial charge in [-0.2, -0.15) is 5.10 Å². The number of hydrazine groups is 1. The van der Waals surface area contributed by atoms with Gasteiger partial charge < -0.3 is 4.74 Å². The Labute approximate surface area is 108 Å². The molecule has 6 heteroatoms. The van der Waals surface area contributed by atoms with Crippen molar-refractivity contribution in [2.24, 2.45) is 5.84 Å². The predicted molar refractivity (Wildman–Crippen MR) is 68.7 cm³/mol. The van der Waals surface area contributed by atoms with E-state index >= 15 is 0 Å². The van der Waals surface area contributed by atoms with Gasteiger partial charge in [0.25, 0.3) is 0 Å². The first-order chi connectivity index (χ1) is 8.75. The summed E-state index contributed by atoms with van der Waals surface area (Å²) < 4.78 is 7.68. The van der Waals surface area contributed by atoms with Gasteiger partial charge in [-0.05, 0) is 19.8 Å². The second kappa shape index (κ2) is 5.77. The maximum atomic E-state index is 5.77. The van der Waals surface area contributed by atoms with Gasteiger partial charge in [-0.3, -0.25) is 16.0 Å². The zero-order valence-electron chi connectivity index (χ0n) is 11.2. The lowest BCUT2D eigenvalue weighted by Crippen LogP contribution is -2.54. The van der Waals surface area contributed by atoms with Gasteiger partial charge in [0.1, 0.15) is 12.2 Å². The number of nitrogens with two attached hydrogens (primary N) is 1. The zero-order chi connectivity index (χ0) is 13.0. The Balaban J connectivity index is 2.13. The molecule has 0 amide bonds. The summed E-state index contributed by atoms with van der Waals surface area (Å²) >= 11 is 0. The molecule has 18 heavy (non-hydrogen) atoms. The van der Waals surface area contributed by atoms with Crippen LogP contribution >= 0.6 is 0 Å². The second-order valence-electron chi connectivity index (χ2n) is 4.89. The number of ether oxygens (including phenoxy) is 1. The minimum atomic E-state index is -0.154. The number of hydrogen-bond acceptors (Lipinski definition) is 5. The maximum absolute atomic E-state index is 5.77. The Morgan fingerprint density at radius 1 is 1.56 bits per heavy atom. The molecule has 6 nitrogen and oxygen atoms in total. The lowest BCUT2D eigenvalue weighted by Gasteiger charge is -2.35. The predicted octanol–water partition coefficient (Wildman–Crippen LogP) is 0.632. The van der Waals surface area contributed by atoms with E-state index in [9.17, 15) is 0 Å². The zero-order valence-corrected chi connectivity index (χ0v) is 11.2. The molecule has 1 aromatic heterocycles. The van der Waals surface area contributed by atoms with Crippen LogP contribution in [0.15, 0.2) is 6.33 Å². The monoisotopic (exact) mass is 253 g/mol. The van der Waals surface area contributed by atoms with Gasteiger partial charge in [-0.1, -0.05) is 12.8 Å². The molecule has 0 aromatic carbocycles. The van der Waals surface area contributed by atoms with E-state index in [1.807, 2.05) is 4.68 Å². The highest BCUT2D eigenvalue weighted by Gasteiger charge is 2.41. The van der Waals surface area contributed by atoms with Crippen LogP contribution in [0, 0.1) is 0 Å². The SMILES string of the molecule is CCn1ncnc1CC(NN)C1(OC)CCCC1. The Morgan fingerprint density at radius 3 is 2.83 bits per heavy atom. The molecule has 1 unspecified atom stereocenters. The van der Waals surface area contributed by atoms with Crippen LogP contribution in [0.4, 0.5) is 0 Å². The number of aryl methyl sites for hydroxylation is 1. The van der Waals surface area contributed by atoms with Gasteiger partial charge in [-0.25, -0.2) is 4.98 Å². The van der Waals surface area contributed by atoms with Gasteiger partial charge in [0, 0.05) is 20.1 Å². The lowest BCUT2D eigenvalue weighted by molar-refractivity contribution is -0.0362. The van der Waals surface area contributed by atoms with E-state index in [1.54, 1.807) is 13.4 Å². The summed E-state index contributed by atoms with van der Waals surface area (Å²) in [6.45, 7) is 2.89. The molecule has 0 radical (unpaired) electrons. The molecule has 2 rings (SSSR count). The molecule has 1 heterocycles. The third-order valence-electron chi connectivity index (χ3n) is 4.07. The van der Waals surface area contributed by atoms with Crippen molar-refractivity contribution in [3.8, 4) is 0 Å². The summed E-state index contributed by atoms with van der Waals surface area (Å²) in [5.41, 5.74) is 2.77. The van der Waals surface area contributed by atoms with Crippen molar-refractivity contribution in [2.75, 3.05) is 7.11 Å². The van der Waals surface area contributed by atoms with E-state index in [1.165, 1.54) is 12.8 Å². The molecule has 0 aliphatic heterocycles. The van der Waals surface area contributed by atoms with Crippen LogP contribution in [0.25, 0.3) is 0 Å². The van der Waals surface area contributed by atoms with E-state index in [2.05, 4.69) is 22.4 Å². The minimum Gasteiger partial charge on any atom is -0.377 e. The summed E-state index contributed by atoms with van der Waals surface area (Å²) in [6, 6.07) is 0.0829. The molecule has 1 atom stereocenters. The van der Waals surface area contributed by atoms with Crippen LogP contribution in [-0.2, 0) is 17.7 Å². The molecule has 0 spiro atoms. The van der Waals surface area contributed by atoms with Crippen molar-refractivity contribution in [1.82, 2.24) is 20.2 Å². The fraction of sp³-hybridized carbons (Fsp3) is 0.833. The number of aromatic nitrogens is 3. The molecule has 102 valence electrons. The molecular formula is C12H23N5O. The molecule has 1 saturated carbocycles. The fourth-order valence-electron chi connectivity index (χ4n) is 2.96. The molecule has 1 aromatic rings. The van der Waals surface area contributed by atoms with E-state index in [0.717, 1.165) is 31.6 Å². The second-order valence-corrected chi connectivity index (χ2v) is 4.89. The van der Waals surface area contributed by atoms with Crippen molar-refractivity contribution >= 4 is 0 Å². The lowest BCUT2D eigenvalue weighted by atomic mass is 9.90. The summed E-state index contributed by atoms with van der Waals surface area (Å²) in [5, 5.41) is 4.19. The Kier molecular flexibility index (Phi) is 4.31. The average molecular weight is 253 g/mol. The topological polar surface area (TPSA) is 78.0 Å². The number of hydrogen-bond donors (Lipinski definition) is 2. The Hall–Kier alpha value is -0.980. The minimum absolute atomic E-state index is 0.0829. The van der Waals surface area contributed by atoms with Crippen molar-refractivity contribution < 1.29 is 4.74 Å². The highest BCUT2D eigenvalue weighted by atomic mass is 16.5. The molecule has 3 N–H and O–H groups in total. The van der Waals surface area contributed by atoms with Crippen LogP contribution in [0.1, 0.15) is 38.4 Å². The maximum Gasteiger partial charge on any atom is 0.138 e. The van der Waals surface area contributed by atoms with Gasteiger partial charge in [-0.15, -0.1) is 0 Å². The van der Waals surface area contributed by atoms with Gasteiger partial charge in [0.15, 0.2) is 0 Å². The third kappa shape index (κ3) is 2.41. The molecule has 0 saturated heterocycles. The standard InChI is InChI=1S/C12H23N5O/c1-3-17-11(14-9-15-17)8-10(16-13)12(18-2)6-4-5-7-12/h9-10,16H,3-8,13H2,1-2H3. The van der Waals surface area contributed by atoms with Crippen molar-refractivity contribution in [2.45, 2.75) is 57.2 Å². The van der Waals surface area contributed by atoms with E-state index in [-0.39, 0.29) is 11.6 Å². The first kappa shape index (κ1) is 13.5. The van der Waals surface area contributed by atoms with E-state index in [0.29, 0.717) is 0 Å². The van der Waals surface area contributed by atoms with Gasteiger partial charge in [0.2, 0.25) is 0 Å². The summed E-state index contributed by atoms with van der Waals surface area (Å²) in [4.78, 5) is 4.31. The highest BCUT2D eigenvalue weighted by molar-refractivity contribution is 5.01. The largest absolute Gasteiger partial charge is 0.377 e. The summed E-state index contributed by atoms with van der Waals surface area (Å²) in [5.74, 6) is 6.70. The van der Waals surface area contributed by atoms with Crippen LogP contribution in [-0.4, -0.2) is 33.5 Å². The van der Waals surface area contributed by atoms with Gasteiger partial charge in [0.05, 0.1) is 11.6 Å². The third-order valence-corrected chi connectivity index (χ3v) is 4.07. The van der Waals surface area contributed by atoms with Crippen LogP contribution < -0.4 is 11.3 Å². The number of nitrogens with zero attached hydrogens (tertiary/aromatic N) is 3. The number of methoxy groups -OCH3 is 1. The van der Waals surface area contributed by atoms with Crippen molar-refractivity contribution in [3.63, 3.8) is 0 Å². The van der Waals surface area contributed by atoms with Gasteiger partial charge >= 0.3 is 0 Å². The molecular weight excluding hydrogens is 230 g/mol. The first-order valence-corrected chi connectivity index (χ1v) is 6.63. The molecule has 1 fully saturated rings. The molecule has 1 aliphatic rings. The van der Waals surface area contributed by atoms with E-state index < -0.39 is 0 Å².